The maximum Gasteiger partial charge on any atom is 0.165 e. The van der Waals surface area contributed by atoms with Crippen LogP contribution in [0.3, 0.4) is 0 Å². The highest BCUT2D eigenvalue weighted by Crippen LogP contribution is 2.18. The molecule has 0 bridgehead atoms. The minimum atomic E-state index is 0.373. The fourth-order valence-electron chi connectivity index (χ4n) is 1.98. The molecule has 0 fully saturated rings. The Bertz CT molecular complexity index is 723. The van der Waals surface area contributed by atoms with Crippen LogP contribution >= 0.6 is 23.2 Å². The monoisotopic (exact) mass is 292 g/mol. The van der Waals surface area contributed by atoms with Crippen LogP contribution in [0.5, 0.6) is 0 Å². The van der Waals surface area contributed by atoms with E-state index in [1.165, 1.54) is 6.33 Å². The summed E-state index contributed by atoms with van der Waals surface area (Å²) in [6.07, 6.45) is 3.16. The Kier molecular flexibility index (Phi) is 3.36. The van der Waals surface area contributed by atoms with Gasteiger partial charge in [0.25, 0.3) is 0 Å². The summed E-state index contributed by atoms with van der Waals surface area (Å²) in [5, 5.41) is 0.373. The van der Waals surface area contributed by atoms with Crippen molar-refractivity contribution >= 4 is 34.4 Å². The van der Waals surface area contributed by atoms with Gasteiger partial charge in [0.2, 0.25) is 0 Å². The number of fused-ring (bicyclic) bond motifs is 1. The molecule has 0 saturated heterocycles. The zero-order chi connectivity index (χ0) is 13.2. The Labute approximate surface area is 120 Å². The predicted octanol–water partition coefficient (Wildman–Crippen LogP) is 3.27. The van der Waals surface area contributed by atoms with E-state index in [1.807, 2.05) is 22.8 Å². The summed E-state index contributed by atoms with van der Waals surface area (Å²) in [5.41, 5.74) is 3.59. The van der Waals surface area contributed by atoms with Crippen LogP contribution in [-0.4, -0.2) is 19.5 Å². The van der Waals surface area contributed by atoms with Gasteiger partial charge in [0.1, 0.15) is 11.8 Å². The van der Waals surface area contributed by atoms with Gasteiger partial charge in [0.15, 0.2) is 10.8 Å². The van der Waals surface area contributed by atoms with E-state index in [4.69, 9.17) is 23.2 Å². The van der Waals surface area contributed by atoms with E-state index in [-0.39, 0.29) is 0 Å². The van der Waals surface area contributed by atoms with Gasteiger partial charge in [0, 0.05) is 5.88 Å². The van der Waals surface area contributed by atoms with Crippen molar-refractivity contribution in [2.75, 3.05) is 0 Å². The molecule has 1 aromatic carbocycles. The van der Waals surface area contributed by atoms with Crippen LogP contribution < -0.4 is 0 Å². The first-order chi connectivity index (χ1) is 9.28. The molecule has 2 aromatic heterocycles. The Morgan fingerprint density at radius 1 is 1.11 bits per heavy atom. The van der Waals surface area contributed by atoms with E-state index in [2.05, 4.69) is 21.0 Å². The fraction of sp³-hybridized carbons (Fsp3) is 0.154. The van der Waals surface area contributed by atoms with Crippen LogP contribution in [-0.2, 0) is 12.4 Å². The molecule has 0 radical (unpaired) electrons. The summed E-state index contributed by atoms with van der Waals surface area (Å²) < 4.78 is 1.94. The molecule has 3 aromatic rings. The SMILES string of the molecule is ClCc1cccc(Cn2cnc3c(Cl)ncnc32)c1. The number of halogens is 2. The zero-order valence-electron chi connectivity index (χ0n) is 9.92. The van der Waals surface area contributed by atoms with Crippen LogP contribution in [0.4, 0.5) is 0 Å². The van der Waals surface area contributed by atoms with E-state index >= 15 is 0 Å². The second kappa shape index (κ2) is 5.15. The lowest BCUT2D eigenvalue weighted by molar-refractivity contribution is 0.812. The van der Waals surface area contributed by atoms with Crippen LogP contribution in [0.15, 0.2) is 36.9 Å². The molecule has 0 saturated carbocycles. The third-order valence-corrected chi connectivity index (χ3v) is 3.44. The summed E-state index contributed by atoms with van der Waals surface area (Å²) in [6, 6.07) is 8.11. The number of hydrogen-bond donors (Lipinski definition) is 0. The molecule has 0 aliphatic carbocycles. The van der Waals surface area contributed by atoms with E-state index in [1.54, 1.807) is 6.33 Å². The quantitative estimate of drug-likeness (QED) is 0.550. The van der Waals surface area contributed by atoms with Crippen molar-refractivity contribution in [3.05, 3.63) is 53.2 Å². The van der Waals surface area contributed by atoms with Crippen molar-refractivity contribution in [2.45, 2.75) is 12.4 Å². The van der Waals surface area contributed by atoms with E-state index < -0.39 is 0 Å². The molecule has 4 nitrogen and oxygen atoms in total. The van der Waals surface area contributed by atoms with E-state index in [0.717, 1.165) is 16.8 Å². The lowest BCUT2D eigenvalue weighted by atomic mass is 10.1. The van der Waals surface area contributed by atoms with Crippen molar-refractivity contribution < 1.29 is 0 Å². The van der Waals surface area contributed by atoms with Crippen LogP contribution in [0.2, 0.25) is 5.15 Å². The molecule has 0 amide bonds. The lowest BCUT2D eigenvalue weighted by Crippen LogP contribution is -2.00. The topological polar surface area (TPSA) is 43.6 Å². The largest absolute Gasteiger partial charge is 0.311 e. The molecule has 6 heteroatoms. The van der Waals surface area contributed by atoms with Crippen LogP contribution in [0.1, 0.15) is 11.1 Å². The second-order valence-electron chi connectivity index (χ2n) is 4.16. The third kappa shape index (κ3) is 2.41. The summed E-state index contributed by atoms with van der Waals surface area (Å²) in [6.45, 7) is 0.675. The molecule has 0 N–H and O–H groups in total. The van der Waals surface area contributed by atoms with Gasteiger partial charge in [-0.1, -0.05) is 35.9 Å². The van der Waals surface area contributed by atoms with Crippen molar-refractivity contribution in [3.8, 4) is 0 Å². The first-order valence-corrected chi connectivity index (χ1v) is 6.64. The number of alkyl halides is 1. The number of rotatable bonds is 3. The zero-order valence-corrected chi connectivity index (χ0v) is 11.4. The minimum absolute atomic E-state index is 0.373. The van der Waals surface area contributed by atoms with Gasteiger partial charge >= 0.3 is 0 Å². The molecular weight excluding hydrogens is 283 g/mol. The van der Waals surface area contributed by atoms with Crippen molar-refractivity contribution in [2.24, 2.45) is 0 Å². The Hall–Kier alpha value is -1.65. The minimum Gasteiger partial charge on any atom is -0.311 e. The molecule has 2 heterocycles. The number of benzene rings is 1. The summed E-state index contributed by atoms with van der Waals surface area (Å²) in [7, 11) is 0. The second-order valence-corrected chi connectivity index (χ2v) is 4.79. The molecule has 0 aliphatic heterocycles. The van der Waals surface area contributed by atoms with Gasteiger partial charge in [-0.25, -0.2) is 15.0 Å². The molecule has 3 rings (SSSR count). The maximum absolute atomic E-state index is 5.98. The summed E-state index contributed by atoms with van der Waals surface area (Å²) in [5.74, 6) is 0.506. The number of hydrogen-bond acceptors (Lipinski definition) is 3. The predicted molar refractivity (Wildman–Crippen MR) is 75.4 cm³/mol. The van der Waals surface area contributed by atoms with Gasteiger partial charge in [-0.15, -0.1) is 11.6 Å². The number of aromatic nitrogens is 4. The van der Waals surface area contributed by atoms with Gasteiger partial charge in [-0.3, -0.25) is 0 Å². The molecular formula is C13H10Cl2N4. The molecule has 0 atom stereocenters. The summed E-state index contributed by atoms with van der Waals surface area (Å²) in [4.78, 5) is 12.4. The highest BCUT2D eigenvalue weighted by molar-refractivity contribution is 6.33. The molecule has 19 heavy (non-hydrogen) atoms. The molecule has 96 valence electrons. The van der Waals surface area contributed by atoms with Crippen LogP contribution in [0, 0.1) is 0 Å². The van der Waals surface area contributed by atoms with Gasteiger partial charge in [0.05, 0.1) is 12.9 Å². The number of nitrogens with zero attached hydrogens (tertiary/aromatic N) is 4. The Balaban J connectivity index is 1.99. The smallest absolute Gasteiger partial charge is 0.165 e. The highest BCUT2D eigenvalue weighted by atomic mass is 35.5. The first-order valence-electron chi connectivity index (χ1n) is 5.73. The van der Waals surface area contributed by atoms with Crippen LogP contribution in [0.25, 0.3) is 11.2 Å². The highest BCUT2D eigenvalue weighted by Gasteiger charge is 2.08. The molecule has 0 spiro atoms. The maximum atomic E-state index is 5.98. The van der Waals surface area contributed by atoms with Gasteiger partial charge < -0.3 is 4.57 Å². The Morgan fingerprint density at radius 2 is 1.95 bits per heavy atom. The van der Waals surface area contributed by atoms with E-state index in [0.29, 0.717) is 23.1 Å². The van der Waals surface area contributed by atoms with Gasteiger partial charge in [-0.05, 0) is 11.1 Å². The Morgan fingerprint density at radius 3 is 2.79 bits per heavy atom. The van der Waals surface area contributed by atoms with Gasteiger partial charge in [-0.2, -0.15) is 0 Å². The van der Waals surface area contributed by atoms with Crippen molar-refractivity contribution in [1.29, 1.82) is 0 Å². The first kappa shape index (κ1) is 12.4. The average Bonchev–Trinajstić information content (AvgIpc) is 2.84. The molecule has 0 aliphatic rings. The third-order valence-electron chi connectivity index (χ3n) is 2.86. The molecule has 0 unspecified atom stereocenters. The van der Waals surface area contributed by atoms with Crippen molar-refractivity contribution in [1.82, 2.24) is 19.5 Å². The standard InChI is InChI=1S/C13H10Cl2N4/c14-5-9-2-1-3-10(4-9)6-19-8-18-11-12(15)16-7-17-13(11)19/h1-4,7-8H,5-6H2. The lowest BCUT2D eigenvalue weighted by Gasteiger charge is -2.05. The summed E-state index contributed by atoms with van der Waals surface area (Å²) >= 11 is 11.8. The normalized spacial score (nSPS) is 11.1. The fourth-order valence-corrected chi connectivity index (χ4v) is 2.32. The van der Waals surface area contributed by atoms with Crippen molar-refractivity contribution in [3.63, 3.8) is 0 Å². The number of imidazole rings is 1. The van der Waals surface area contributed by atoms with E-state index in [9.17, 15) is 0 Å². The average molecular weight is 293 g/mol.